The number of hydrogen-bond acceptors (Lipinski definition) is 3. The van der Waals surface area contributed by atoms with Gasteiger partial charge < -0.3 is 10.2 Å². The van der Waals surface area contributed by atoms with Gasteiger partial charge in [0.2, 0.25) is 10.0 Å². The molecule has 1 heterocycles. The molecule has 23 heavy (non-hydrogen) atoms. The van der Waals surface area contributed by atoms with E-state index in [2.05, 4.69) is 5.32 Å². The molecule has 1 aliphatic rings. The van der Waals surface area contributed by atoms with Crippen molar-refractivity contribution in [3.05, 3.63) is 35.6 Å². The molecule has 6 nitrogen and oxygen atoms in total. The Bertz CT molecular complexity index is 626. The number of carbonyl (C=O) groups is 1. The first-order valence-electron chi connectivity index (χ1n) is 7.67. The van der Waals surface area contributed by atoms with E-state index in [1.807, 2.05) is 6.92 Å². The van der Waals surface area contributed by atoms with E-state index in [4.69, 9.17) is 0 Å². The van der Waals surface area contributed by atoms with E-state index in [1.165, 1.54) is 28.6 Å². The smallest absolute Gasteiger partial charge is 0.317 e. The summed E-state index contributed by atoms with van der Waals surface area (Å²) >= 11 is 0. The van der Waals surface area contributed by atoms with Crippen LogP contribution in [-0.4, -0.2) is 56.4 Å². The number of sulfonamides is 1. The Morgan fingerprint density at radius 2 is 1.78 bits per heavy atom. The van der Waals surface area contributed by atoms with E-state index in [0.29, 0.717) is 25.2 Å². The van der Waals surface area contributed by atoms with Crippen LogP contribution in [0.15, 0.2) is 24.3 Å². The molecule has 1 fully saturated rings. The molecule has 1 saturated heterocycles. The Hall–Kier alpha value is -1.67. The fourth-order valence-electron chi connectivity index (χ4n) is 2.40. The van der Waals surface area contributed by atoms with Gasteiger partial charge in [-0.2, -0.15) is 4.31 Å². The number of urea groups is 1. The Morgan fingerprint density at radius 1 is 1.17 bits per heavy atom. The SMILES string of the molecule is CCCNC(=O)N1CCN(S(=O)(=O)Cc2ccc(F)cc2)CC1. The molecule has 8 heteroatoms. The van der Waals surface area contributed by atoms with Gasteiger partial charge in [-0.3, -0.25) is 0 Å². The lowest BCUT2D eigenvalue weighted by atomic mass is 10.2. The highest BCUT2D eigenvalue weighted by Crippen LogP contribution is 2.14. The van der Waals surface area contributed by atoms with Crippen molar-refractivity contribution in [3.8, 4) is 0 Å². The van der Waals surface area contributed by atoms with E-state index < -0.39 is 15.8 Å². The minimum atomic E-state index is -3.46. The Labute approximate surface area is 136 Å². The molecule has 1 aromatic carbocycles. The summed E-state index contributed by atoms with van der Waals surface area (Å²) in [6, 6.07) is 5.30. The maximum Gasteiger partial charge on any atom is 0.317 e. The molecular weight excluding hydrogens is 321 g/mol. The number of halogens is 1. The van der Waals surface area contributed by atoms with Gasteiger partial charge in [-0.15, -0.1) is 0 Å². The predicted molar refractivity (Wildman–Crippen MR) is 85.9 cm³/mol. The van der Waals surface area contributed by atoms with Crippen molar-refractivity contribution < 1.29 is 17.6 Å². The summed E-state index contributed by atoms with van der Waals surface area (Å²) < 4.78 is 39.1. The molecule has 0 aromatic heterocycles. The van der Waals surface area contributed by atoms with Gasteiger partial charge in [0.05, 0.1) is 5.75 Å². The quantitative estimate of drug-likeness (QED) is 0.878. The first kappa shape index (κ1) is 17.7. The monoisotopic (exact) mass is 343 g/mol. The van der Waals surface area contributed by atoms with Crippen LogP contribution in [0.25, 0.3) is 0 Å². The maximum atomic E-state index is 12.9. The first-order chi connectivity index (χ1) is 10.9. The molecule has 0 aliphatic carbocycles. The van der Waals surface area contributed by atoms with Crippen LogP contribution >= 0.6 is 0 Å². The lowest BCUT2D eigenvalue weighted by Crippen LogP contribution is -2.53. The van der Waals surface area contributed by atoms with Crippen molar-refractivity contribution in [2.75, 3.05) is 32.7 Å². The minimum absolute atomic E-state index is 0.151. The number of carbonyl (C=O) groups excluding carboxylic acids is 1. The van der Waals surface area contributed by atoms with Crippen LogP contribution in [0.4, 0.5) is 9.18 Å². The second kappa shape index (κ2) is 7.74. The zero-order chi connectivity index (χ0) is 16.9. The van der Waals surface area contributed by atoms with E-state index in [0.717, 1.165) is 6.42 Å². The molecule has 0 spiro atoms. The summed E-state index contributed by atoms with van der Waals surface area (Å²) in [4.78, 5) is 13.5. The summed E-state index contributed by atoms with van der Waals surface area (Å²) in [6.07, 6.45) is 0.859. The second-order valence-electron chi connectivity index (χ2n) is 5.50. The van der Waals surface area contributed by atoms with Gasteiger partial charge >= 0.3 is 6.03 Å². The number of nitrogens with one attached hydrogen (secondary N) is 1. The van der Waals surface area contributed by atoms with Gasteiger partial charge in [0.1, 0.15) is 5.82 Å². The molecule has 1 N–H and O–H groups in total. The molecule has 1 aromatic rings. The Balaban J connectivity index is 1.90. The minimum Gasteiger partial charge on any atom is -0.338 e. The van der Waals surface area contributed by atoms with Crippen molar-refractivity contribution in [1.82, 2.24) is 14.5 Å². The molecule has 0 atom stereocenters. The zero-order valence-corrected chi connectivity index (χ0v) is 14.0. The van der Waals surface area contributed by atoms with Gasteiger partial charge in [-0.05, 0) is 24.1 Å². The Kier molecular flexibility index (Phi) is 5.95. The summed E-state index contributed by atoms with van der Waals surface area (Å²) in [6.45, 7) is 3.89. The predicted octanol–water partition coefficient (Wildman–Crippen LogP) is 1.39. The molecule has 2 rings (SSSR count). The number of rotatable bonds is 5. The molecule has 0 bridgehead atoms. The number of nitrogens with zero attached hydrogens (tertiary/aromatic N) is 2. The lowest BCUT2D eigenvalue weighted by Gasteiger charge is -2.34. The highest BCUT2D eigenvalue weighted by molar-refractivity contribution is 7.88. The van der Waals surface area contributed by atoms with Crippen molar-refractivity contribution in [1.29, 1.82) is 0 Å². The summed E-state index contributed by atoms with van der Waals surface area (Å²) in [5, 5.41) is 2.78. The van der Waals surface area contributed by atoms with Crippen molar-refractivity contribution in [3.63, 3.8) is 0 Å². The third-order valence-electron chi connectivity index (χ3n) is 3.71. The topological polar surface area (TPSA) is 69.7 Å². The average molecular weight is 343 g/mol. The van der Waals surface area contributed by atoms with Crippen LogP contribution in [0, 0.1) is 5.82 Å². The van der Waals surface area contributed by atoms with Crippen LogP contribution in [0.2, 0.25) is 0 Å². The van der Waals surface area contributed by atoms with Crippen molar-refractivity contribution in [2.45, 2.75) is 19.1 Å². The molecular formula is C15H22FN3O3S. The van der Waals surface area contributed by atoms with Gasteiger partial charge in [0, 0.05) is 32.7 Å². The number of amides is 2. The highest BCUT2D eigenvalue weighted by Gasteiger charge is 2.28. The summed E-state index contributed by atoms with van der Waals surface area (Å²) in [5.41, 5.74) is 0.550. The van der Waals surface area contributed by atoms with Crippen LogP contribution in [0.3, 0.4) is 0 Å². The fourth-order valence-corrected chi connectivity index (χ4v) is 3.91. The normalized spacial score (nSPS) is 16.3. The van der Waals surface area contributed by atoms with Crippen LogP contribution in [0.5, 0.6) is 0 Å². The standard InChI is InChI=1S/C15H22FN3O3S/c1-2-7-17-15(20)18-8-10-19(11-9-18)23(21,22)12-13-3-5-14(16)6-4-13/h3-6H,2,7-12H2,1H3,(H,17,20). The largest absolute Gasteiger partial charge is 0.338 e. The van der Waals surface area contributed by atoms with E-state index in [-0.39, 0.29) is 24.9 Å². The zero-order valence-electron chi connectivity index (χ0n) is 13.2. The third-order valence-corrected chi connectivity index (χ3v) is 5.56. The number of piperazine rings is 1. The van der Waals surface area contributed by atoms with Gasteiger partial charge in [-0.25, -0.2) is 17.6 Å². The first-order valence-corrected chi connectivity index (χ1v) is 9.28. The second-order valence-corrected chi connectivity index (χ2v) is 7.47. The molecule has 0 unspecified atom stereocenters. The summed E-state index contributed by atoms with van der Waals surface area (Å²) in [7, 11) is -3.46. The molecule has 1 aliphatic heterocycles. The van der Waals surface area contributed by atoms with Crippen LogP contribution in [0.1, 0.15) is 18.9 Å². The van der Waals surface area contributed by atoms with Gasteiger partial charge in [-0.1, -0.05) is 19.1 Å². The van der Waals surface area contributed by atoms with Crippen molar-refractivity contribution in [2.24, 2.45) is 0 Å². The molecule has 0 radical (unpaired) electrons. The average Bonchev–Trinajstić information content (AvgIpc) is 2.54. The van der Waals surface area contributed by atoms with E-state index in [9.17, 15) is 17.6 Å². The van der Waals surface area contributed by atoms with Gasteiger partial charge in [0.25, 0.3) is 0 Å². The van der Waals surface area contributed by atoms with Crippen molar-refractivity contribution >= 4 is 16.1 Å². The van der Waals surface area contributed by atoms with Gasteiger partial charge in [0.15, 0.2) is 0 Å². The number of benzene rings is 1. The van der Waals surface area contributed by atoms with Crippen LogP contribution in [-0.2, 0) is 15.8 Å². The van der Waals surface area contributed by atoms with Crippen LogP contribution < -0.4 is 5.32 Å². The lowest BCUT2D eigenvalue weighted by molar-refractivity contribution is 0.172. The molecule has 2 amide bonds. The van der Waals surface area contributed by atoms with E-state index in [1.54, 1.807) is 4.90 Å². The highest BCUT2D eigenvalue weighted by atomic mass is 32.2. The van der Waals surface area contributed by atoms with E-state index >= 15 is 0 Å². The Morgan fingerprint density at radius 3 is 2.35 bits per heavy atom. The molecule has 0 saturated carbocycles. The third kappa shape index (κ3) is 4.90. The maximum absolute atomic E-state index is 12.9. The fraction of sp³-hybridized carbons (Fsp3) is 0.533. The molecule has 128 valence electrons. The summed E-state index contributed by atoms with van der Waals surface area (Å²) in [5.74, 6) is -0.548. The number of hydrogen-bond donors (Lipinski definition) is 1.